The SMILES string of the molecule is Cc1ccc(N2CN(c3ccccc3)COC2c2ccc(Cl)cc2)cc1. The molecule has 4 heteroatoms. The monoisotopic (exact) mass is 364 g/mol. The van der Waals surface area contributed by atoms with Crippen LogP contribution in [-0.4, -0.2) is 13.4 Å². The highest BCUT2D eigenvalue weighted by molar-refractivity contribution is 6.30. The van der Waals surface area contributed by atoms with Crippen molar-refractivity contribution in [1.82, 2.24) is 0 Å². The Hall–Kier alpha value is -2.49. The molecule has 0 radical (unpaired) electrons. The van der Waals surface area contributed by atoms with Crippen LogP contribution in [0.25, 0.3) is 0 Å². The Balaban J connectivity index is 1.67. The zero-order chi connectivity index (χ0) is 17.9. The Morgan fingerprint density at radius 1 is 0.846 bits per heavy atom. The molecule has 1 saturated heterocycles. The summed E-state index contributed by atoms with van der Waals surface area (Å²) in [7, 11) is 0. The number of hydrogen-bond acceptors (Lipinski definition) is 3. The Bertz CT molecular complexity index is 850. The molecule has 3 aromatic rings. The zero-order valence-corrected chi connectivity index (χ0v) is 15.4. The van der Waals surface area contributed by atoms with Crippen molar-refractivity contribution in [2.24, 2.45) is 0 Å². The van der Waals surface area contributed by atoms with E-state index in [-0.39, 0.29) is 6.23 Å². The molecule has 0 amide bonds. The quantitative estimate of drug-likeness (QED) is 0.601. The maximum atomic E-state index is 6.28. The Kier molecular flexibility index (Phi) is 4.83. The van der Waals surface area contributed by atoms with Gasteiger partial charge in [0.15, 0.2) is 6.23 Å². The van der Waals surface area contributed by atoms with Crippen LogP contribution in [0.1, 0.15) is 17.4 Å². The smallest absolute Gasteiger partial charge is 0.160 e. The van der Waals surface area contributed by atoms with Gasteiger partial charge in [0.2, 0.25) is 0 Å². The lowest BCUT2D eigenvalue weighted by Gasteiger charge is -2.43. The summed E-state index contributed by atoms with van der Waals surface area (Å²) >= 11 is 6.06. The van der Waals surface area contributed by atoms with E-state index >= 15 is 0 Å². The van der Waals surface area contributed by atoms with Crippen LogP contribution in [0.15, 0.2) is 78.9 Å². The van der Waals surface area contributed by atoms with Gasteiger partial charge in [-0.15, -0.1) is 0 Å². The lowest BCUT2D eigenvalue weighted by molar-refractivity contribution is 0.0264. The minimum Gasteiger partial charge on any atom is -0.334 e. The summed E-state index contributed by atoms with van der Waals surface area (Å²) in [6.45, 7) is 3.39. The van der Waals surface area contributed by atoms with Crippen molar-refractivity contribution >= 4 is 23.0 Å². The third-order valence-corrected chi connectivity index (χ3v) is 4.89. The summed E-state index contributed by atoms with van der Waals surface area (Å²) in [5.41, 5.74) is 4.63. The molecule has 0 bridgehead atoms. The fourth-order valence-electron chi connectivity index (χ4n) is 3.20. The van der Waals surface area contributed by atoms with Gasteiger partial charge >= 0.3 is 0 Å². The first-order chi connectivity index (χ1) is 12.7. The minimum absolute atomic E-state index is 0.144. The molecule has 1 aliphatic heterocycles. The maximum absolute atomic E-state index is 6.28. The predicted molar refractivity (Wildman–Crippen MR) is 108 cm³/mol. The number of para-hydroxylation sites is 1. The highest BCUT2D eigenvalue weighted by Crippen LogP contribution is 2.33. The van der Waals surface area contributed by atoms with Crippen molar-refractivity contribution in [3.8, 4) is 0 Å². The van der Waals surface area contributed by atoms with E-state index in [1.54, 1.807) is 0 Å². The number of halogens is 1. The van der Waals surface area contributed by atoms with E-state index in [0.29, 0.717) is 6.73 Å². The van der Waals surface area contributed by atoms with Gasteiger partial charge in [-0.25, -0.2) is 0 Å². The number of benzene rings is 3. The predicted octanol–water partition coefficient (Wildman–Crippen LogP) is 5.61. The van der Waals surface area contributed by atoms with Crippen LogP contribution in [0.3, 0.4) is 0 Å². The molecule has 0 N–H and O–H groups in total. The van der Waals surface area contributed by atoms with Crippen LogP contribution in [0.5, 0.6) is 0 Å². The standard InChI is InChI=1S/C22H21ClN2O/c1-17-7-13-21(14-8-17)25-15-24(20-5-3-2-4-6-20)16-26-22(25)18-9-11-19(23)12-10-18/h2-14,22H,15-16H2,1H3. The Morgan fingerprint density at radius 2 is 1.54 bits per heavy atom. The molecule has 26 heavy (non-hydrogen) atoms. The molecule has 0 aromatic heterocycles. The van der Waals surface area contributed by atoms with Gasteiger partial charge in [0, 0.05) is 22.0 Å². The normalized spacial score (nSPS) is 17.4. The van der Waals surface area contributed by atoms with Crippen LogP contribution in [0, 0.1) is 6.92 Å². The van der Waals surface area contributed by atoms with Crippen LogP contribution in [-0.2, 0) is 4.74 Å². The fraction of sp³-hybridized carbons (Fsp3) is 0.182. The third-order valence-electron chi connectivity index (χ3n) is 4.64. The van der Waals surface area contributed by atoms with Gasteiger partial charge in [-0.2, -0.15) is 0 Å². The average molecular weight is 365 g/mol. The van der Waals surface area contributed by atoms with Gasteiger partial charge in [-0.3, -0.25) is 0 Å². The maximum Gasteiger partial charge on any atom is 0.160 e. The molecular weight excluding hydrogens is 344 g/mol. The summed E-state index contributed by atoms with van der Waals surface area (Å²) in [6, 6.07) is 26.8. The molecular formula is C22H21ClN2O. The first kappa shape index (κ1) is 17.0. The summed E-state index contributed by atoms with van der Waals surface area (Å²) in [6.07, 6.45) is -0.144. The number of ether oxygens (including phenoxy) is 1. The van der Waals surface area contributed by atoms with Gasteiger partial charge in [0.25, 0.3) is 0 Å². The molecule has 1 unspecified atom stereocenters. The molecule has 0 saturated carbocycles. The molecule has 3 aromatic carbocycles. The molecule has 1 atom stereocenters. The fourth-order valence-corrected chi connectivity index (χ4v) is 3.33. The van der Waals surface area contributed by atoms with Gasteiger partial charge in [-0.1, -0.05) is 59.6 Å². The van der Waals surface area contributed by atoms with Crippen LogP contribution < -0.4 is 9.80 Å². The van der Waals surface area contributed by atoms with Crippen molar-refractivity contribution in [2.45, 2.75) is 13.2 Å². The van der Waals surface area contributed by atoms with Crippen molar-refractivity contribution in [2.75, 3.05) is 23.2 Å². The van der Waals surface area contributed by atoms with E-state index in [1.165, 1.54) is 5.56 Å². The van der Waals surface area contributed by atoms with E-state index in [1.807, 2.05) is 30.3 Å². The number of aryl methyl sites for hydroxylation is 1. The van der Waals surface area contributed by atoms with E-state index in [0.717, 1.165) is 28.6 Å². The topological polar surface area (TPSA) is 15.7 Å². The molecule has 3 nitrogen and oxygen atoms in total. The highest BCUT2D eigenvalue weighted by Gasteiger charge is 2.29. The number of nitrogens with zero attached hydrogens (tertiary/aromatic N) is 2. The first-order valence-electron chi connectivity index (χ1n) is 8.71. The summed E-state index contributed by atoms with van der Waals surface area (Å²) < 4.78 is 6.28. The van der Waals surface area contributed by atoms with E-state index in [9.17, 15) is 0 Å². The van der Waals surface area contributed by atoms with E-state index < -0.39 is 0 Å². The second-order valence-electron chi connectivity index (χ2n) is 6.52. The van der Waals surface area contributed by atoms with Crippen molar-refractivity contribution in [3.63, 3.8) is 0 Å². The first-order valence-corrected chi connectivity index (χ1v) is 9.09. The summed E-state index contributed by atoms with van der Waals surface area (Å²) in [4.78, 5) is 4.51. The van der Waals surface area contributed by atoms with Gasteiger partial charge in [0.1, 0.15) is 6.73 Å². The molecule has 1 heterocycles. The molecule has 1 aliphatic rings. The molecule has 1 fully saturated rings. The average Bonchev–Trinajstić information content (AvgIpc) is 2.70. The number of hydrogen-bond donors (Lipinski definition) is 0. The second kappa shape index (κ2) is 7.40. The van der Waals surface area contributed by atoms with E-state index in [4.69, 9.17) is 16.3 Å². The third kappa shape index (κ3) is 3.55. The second-order valence-corrected chi connectivity index (χ2v) is 6.96. The lowest BCUT2D eigenvalue weighted by Crippen LogP contribution is -2.48. The van der Waals surface area contributed by atoms with Crippen molar-refractivity contribution in [3.05, 3.63) is 95.0 Å². The van der Waals surface area contributed by atoms with Crippen LogP contribution in [0.2, 0.25) is 5.02 Å². The lowest BCUT2D eigenvalue weighted by atomic mass is 10.1. The molecule has 4 rings (SSSR count). The van der Waals surface area contributed by atoms with Crippen molar-refractivity contribution in [1.29, 1.82) is 0 Å². The van der Waals surface area contributed by atoms with Gasteiger partial charge < -0.3 is 14.5 Å². The Morgan fingerprint density at radius 3 is 2.23 bits per heavy atom. The van der Waals surface area contributed by atoms with Gasteiger partial charge in [-0.05, 0) is 43.3 Å². The Labute approximate surface area is 159 Å². The van der Waals surface area contributed by atoms with Crippen LogP contribution in [0.4, 0.5) is 11.4 Å². The van der Waals surface area contributed by atoms with Gasteiger partial charge in [0.05, 0.1) is 6.67 Å². The molecule has 132 valence electrons. The summed E-state index contributed by atoms with van der Waals surface area (Å²) in [5, 5.41) is 0.734. The minimum atomic E-state index is -0.144. The molecule has 0 aliphatic carbocycles. The van der Waals surface area contributed by atoms with E-state index in [2.05, 4.69) is 65.3 Å². The van der Waals surface area contributed by atoms with Crippen LogP contribution >= 0.6 is 11.6 Å². The highest BCUT2D eigenvalue weighted by atomic mass is 35.5. The number of rotatable bonds is 3. The van der Waals surface area contributed by atoms with Crippen molar-refractivity contribution < 1.29 is 4.74 Å². The summed E-state index contributed by atoms with van der Waals surface area (Å²) in [5.74, 6) is 0. The largest absolute Gasteiger partial charge is 0.334 e. The zero-order valence-electron chi connectivity index (χ0n) is 14.7. The molecule has 0 spiro atoms. The number of anilines is 2.